The number of hydrogen-bond donors (Lipinski definition) is 2. The third-order valence-electron chi connectivity index (χ3n) is 0.628. The first-order valence-corrected chi connectivity index (χ1v) is 3.29. The third kappa shape index (κ3) is 1.10. The van der Waals surface area contributed by atoms with Crippen molar-refractivity contribution in [3.63, 3.8) is 0 Å². The summed E-state index contributed by atoms with van der Waals surface area (Å²) in [5.74, 6) is 0. The fourth-order valence-corrected chi connectivity index (χ4v) is 1.06. The van der Waals surface area contributed by atoms with E-state index in [1.807, 2.05) is 0 Å². The van der Waals surface area contributed by atoms with Crippen LogP contribution in [0.1, 0.15) is 0 Å². The molecule has 1 aromatic heterocycles. The first kappa shape index (κ1) is 5.84. The average Bonchev–Trinajstić information content (AvgIpc) is 2.14. The second-order valence-corrected chi connectivity index (χ2v) is 2.84. The molecule has 5 heteroatoms. The fourth-order valence-electron chi connectivity index (χ4n) is 0.317. The molecule has 0 aromatic carbocycles. The molecule has 0 aliphatic heterocycles. The zero-order valence-corrected chi connectivity index (χ0v) is 5.96. The predicted octanol–water partition coefficient (Wildman–Crippen LogP) is 0.868. The van der Waals surface area contributed by atoms with Gasteiger partial charge in [0.05, 0.1) is 0 Å². The molecule has 0 fully saturated rings. The molecule has 0 amide bonds. The van der Waals surface area contributed by atoms with Gasteiger partial charge in [0.25, 0.3) is 0 Å². The summed E-state index contributed by atoms with van der Waals surface area (Å²) in [4.78, 5) is 0. The lowest BCUT2D eigenvalue weighted by Gasteiger charge is -1.82. The Morgan fingerprint density at radius 3 is 2.62 bits per heavy atom. The molecule has 3 nitrogen and oxygen atoms in total. The first-order chi connectivity index (χ1) is 3.83. The Hall–Kier alpha value is -0.290. The number of nitrogens with one attached hydrogen (secondary N) is 1. The van der Waals surface area contributed by atoms with Crippen molar-refractivity contribution < 1.29 is 0 Å². The highest BCUT2D eigenvalue weighted by atomic mass is 32.2. The van der Waals surface area contributed by atoms with Crippen LogP contribution in [0.3, 0.4) is 0 Å². The molecule has 0 unspecified atom stereocenters. The van der Waals surface area contributed by atoms with Crippen LogP contribution in [0, 0.1) is 0 Å². The second kappa shape index (κ2) is 2.32. The Balaban J connectivity index is 2.84. The van der Waals surface area contributed by atoms with E-state index in [0.717, 1.165) is 5.13 Å². The van der Waals surface area contributed by atoms with E-state index in [-0.39, 0.29) is 0 Å². The largest absolute Gasteiger partial charge is 0.363 e. The van der Waals surface area contributed by atoms with E-state index in [4.69, 9.17) is 0 Å². The van der Waals surface area contributed by atoms with Crippen LogP contribution in [0.15, 0.2) is 4.34 Å². The zero-order chi connectivity index (χ0) is 5.98. The van der Waals surface area contributed by atoms with Crippen LogP contribution in [0.4, 0.5) is 5.13 Å². The molecule has 1 N–H and O–H groups in total. The predicted molar refractivity (Wildman–Crippen MR) is 36.7 cm³/mol. The third-order valence-corrected chi connectivity index (χ3v) is 1.73. The summed E-state index contributed by atoms with van der Waals surface area (Å²) < 4.78 is 0.689. The molecule has 0 radical (unpaired) electrons. The van der Waals surface area contributed by atoms with E-state index < -0.39 is 0 Å². The van der Waals surface area contributed by atoms with Crippen LogP contribution >= 0.6 is 24.0 Å². The van der Waals surface area contributed by atoms with Crippen molar-refractivity contribution in [3.05, 3.63) is 0 Å². The highest BCUT2D eigenvalue weighted by Gasteiger charge is 1.93. The molecule has 0 spiro atoms. The van der Waals surface area contributed by atoms with Gasteiger partial charge < -0.3 is 5.32 Å². The first-order valence-electron chi connectivity index (χ1n) is 2.03. The zero-order valence-electron chi connectivity index (χ0n) is 4.25. The average molecular weight is 147 g/mol. The van der Waals surface area contributed by atoms with Crippen molar-refractivity contribution in [3.8, 4) is 0 Å². The van der Waals surface area contributed by atoms with Gasteiger partial charge in [0.15, 0.2) is 4.34 Å². The maximum Gasteiger partial charge on any atom is 0.206 e. The Kier molecular flexibility index (Phi) is 1.69. The molecule has 1 rings (SSSR count). The smallest absolute Gasteiger partial charge is 0.206 e. The molecule has 0 saturated carbocycles. The van der Waals surface area contributed by atoms with Gasteiger partial charge in [0.1, 0.15) is 0 Å². The molecule has 1 aromatic rings. The van der Waals surface area contributed by atoms with Gasteiger partial charge in [-0.1, -0.05) is 11.3 Å². The highest BCUT2D eigenvalue weighted by molar-refractivity contribution is 7.82. The summed E-state index contributed by atoms with van der Waals surface area (Å²) in [5, 5.41) is 11.0. The highest BCUT2D eigenvalue weighted by Crippen LogP contribution is 2.16. The van der Waals surface area contributed by atoms with Crippen LogP contribution in [0.25, 0.3) is 0 Å². The van der Waals surface area contributed by atoms with E-state index in [1.165, 1.54) is 11.3 Å². The number of rotatable bonds is 1. The summed E-state index contributed by atoms with van der Waals surface area (Å²) >= 11 is 5.38. The molecule has 8 heavy (non-hydrogen) atoms. The Labute approximate surface area is 56.5 Å². The van der Waals surface area contributed by atoms with Crippen molar-refractivity contribution in [2.75, 3.05) is 12.4 Å². The lowest BCUT2D eigenvalue weighted by atomic mass is 11.1. The standard InChI is InChI=1S/C3H5N3S2/c1-4-2-5-6-3(7)8-2/h1H3,(H,4,5)(H,6,7). The topological polar surface area (TPSA) is 37.8 Å². The number of anilines is 1. The molecule has 44 valence electrons. The monoisotopic (exact) mass is 147 g/mol. The maximum atomic E-state index is 3.96. The lowest BCUT2D eigenvalue weighted by molar-refractivity contribution is 1.01. The van der Waals surface area contributed by atoms with E-state index in [0.29, 0.717) is 4.34 Å². The molecule has 0 bridgehead atoms. The van der Waals surface area contributed by atoms with Gasteiger partial charge in [-0.15, -0.1) is 22.8 Å². The quantitative estimate of drug-likeness (QED) is 0.579. The number of hydrogen-bond acceptors (Lipinski definition) is 5. The van der Waals surface area contributed by atoms with E-state index in [2.05, 4.69) is 28.1 Å². The molecule has 1 heterocycles. The van der Waals surface area contributed by atoms with Gasteiger partial charge in [-0.05, 0) is 0 Å². The fraction of sp³-hybridized carbons (Fsp3) is 0.333. The van der Waals surface area contributed by atoms with Crippen molar-refractivity contribution >= 4 is 29.1 Å². The van der Waals surface area contributed by atoms with Crippen molar-refractivity contribution in [1.29, 1.82) is 0 Å². The Morgan fingerprint density at radius 1 is 1.62 bits per heavy atom. The van der Waals surface area contributed by atoms with Crippen molar-refractivity contribution in [2.24, 2.45) is 0 Å². The SMILES string of the molecule is CNc1nnc(S)s1. The Morgan fingerprint density at radius 2 is 2.38 bits per heavy atom. The number of thiol groups is 1. The van der Waals surface area contributed by atoms with Crippen LogP contribution < -0.4 is 5.32 Å². The van der Waals surface area contributed by atoms with Crippen molar-refractivity contribution in [1.82, 2.24) is 10.2 Å². The van der Waals surface area contributed by atoms with Gasteiger partial charge in [0.2, 0.25) is 5.13 Å². The number of nitrogens with zero attached hydrogens (tertiary/aromatic N) is 2. The molecule has 0 saturated heterocycles. The van der Waals surface area contributed by atoms with E-state index in [9.17, 15) is 0 Å². The summed E-state index contributed by atoms with van der Waals surface area (Å²) in [6, 6.07) is 0. The molecular formula is C3H5N3S2. The summed E-state index contributed by atoms with van der Waals surface area (Å²) in [6.45, 7) is 0. The van der Waals surface area contributed by atoms with Gasteiger partial charge in [-0.2, -0.15) is 0 Å². The number of aromatic nitrogens is 2. The van der Waals surface area contributed by atoms with E-state index >= 15 is 0 Å². The minimum Gasteiger partial charge on any atom is -0.363 e. The lowest BCUT2D eigenvalue weighted by Crippen LogP contribution is -1.84. The minimum absolute atomic E-state index is 0.689. The minimum atomic E-state index is 0.689. The van der Waals surface area contributed by atoms with Crippen LogP contribution in [-0.4, -0.2) is 17.2 Å². The van der Waals surface area contributed by atoms with Gasteiger partial charge in [-0.3, -0.25) is 0 Å². The summed E-state index contributed by atoms with van der Waals surface area (Å²) in [6.07, 6.45) is 0. The van der Waals surface area contributed by atoms with Crippen LogP contribution in [-0.2, 0) is 0 Å². The van der Waals surface area contributed by atoms with Crippen molar-refractivity contribution in [2.45, 2.75) is 4.34 Å². The maximum absolute atomic E-state index is 3.96. The molecule has 0 aliphatic rings. The normalized spacial score (nSPS) is 9.25. The molecule has 0 atom stereocenters. The molecule has 0 aliphatic carbocycles. The second-order valence-electron chi connectivity index (χ2n) is 1.14. The van der Waals surface area contributed by atoms with Crippen LogP contribution in [0.5, 0.6) is 0 Å². The van der Waals surface area contributed by atoms with Gasteiger partial charge in [-0.25, -0.2) is 0 Å². The van der Waals surface area contributed by atoms with Gasteiger partial charge >= 0.3 is 0 Å². The summed E-state index contributed by atoms with van der Waals surface area (Å²) in [7, 11) is 1.80. The molecular weight excluding hydrogens is 142 g/mol. The van der Waals surface area contributed by atoms with E-state index in [1.54, 1.807) is 7.05 Å². The summed E-state index contributed by atoms with van der Waals surface area (Å²) in [5.41, 5.74) is 0. The Bertz CT molecular complexity index is 173. The van der Waals surface area contributed by atoms with Gasteiger partial charge in [0, 0.05) is 7.05 Å². The van der Waals surface area contributed by atoms with Crippen LogP contribution in [0.2, 0.25) is 0 Å².